The Balaban J connectivity index is 2.10. The maximum Gasteiger partial charge on any atom is 0.335 e. The van der Waals surface area contributed by atoms with Crippen LogP contribution in [-0.2, 0) is 0 Å². The van der Waals surface area contributed by atoms with Crippen LogP contribution in [0, 0.1) is 0 Å². The van der Waals surface area contributed by atoms with Gasteiger partial charge in [-0.05, 0) is 36.4 Å². The molecule has 6 heteroatoms. The van der Waals surface area contributed by atoms with Gasteiger partial charge in [0.1, 0.15) is 5.52 Å². The van der Waals surface area contributed by atoms with Gasteiger partial charge in [-0.25, -0.2) is 9.78 Å². The second-order valence-corrected chi connectivity index (χ2v) is 4.98. The molecule has 0 saturated heterocycles. The van der Waals surface area contributed by atoms with Crippen LogP contribution < -0.4 is 0 Å². The largest absolute Gasteiger partial charge is 0.478 e. The van der Waals surface area contributed by atoms with Crippen molar-refractivity contribution in [2.45, 2.75) is 0 Å². The highest BCUT2D eigenvalue weighted by molar-refractivity contribution is 6.38. The molecule has 1 aromatic heterocycles. The Morgan fingerprint density at radius 3 is 2.50 bits per heavy atom. The Morgan fingerprint density at radius 2 is 1.85 bits per heavy atom. The number of fused-ring (bicyclic) bond motifs is 1. The average molecular weight is 308 g/mol. The summed E-state index contributed by atoms with van der Waals surface area (Å²) in [4.78, 5) is 15.1. The molecule has 0 unspecified atom stereocenters. The smallest absolute Gasteiger partial charge is 0.335 e. The second-order valence-electron chi connectivity index (χ2n) is 4.14. The Bertz CT molecular complexity index is 809. The zero-order valence-electron chi connectivity index (χ0n) is 9.93. The van der Waals surface area contributed by atoms with Crippen LogP contribution in [0.15, 0.2) is 40.8 Å². The first-order valence-corrected chi connectivity index (χ1v) is 6.39. The fourth-order valence-corrected chi connectivity index (χ4v) is 2.36. The van der Waals surface area contributed by atoms with Gasteiger partial charge in [-0.2, -0.15) is 0 Å². The predicted molar refractivity (Wildman–Crippen MR) is 76.4 cm³/mol. The number of oxazole rings is 1. The molecular formula is C14H7Cl2NO3. The van der Waals surface area contributed by atoms with E-state index in [9.17, 15) is 4.79 Å². The van der Waals surface area contributed by atoms with Crippen molar-refractivity contribution in [3.8, 4) is 11.5 Å². The molecule has 0 radical (unpaired) electrons. The van der Waals surface area contributed by atoms with E-state index in [1.807, 2.05) is 0 Å². The summed E-state index contributed by atoms with van der Waals surface area (Å²) < 4.78 is 5.59. The van der Waals surface area contributed by atoms with Gasteiger partial charge < -0.3 is 9.52 Å². The minimum Gasteiger partial charge on any atom is -0.478 e. The van der Waals surface area contributed by atoms with Crippen molar-refractivity contribution < 1.29 is 14.3 Å². The number of rotatable bonds is 2. The van der Waals surface area contributed by atoms with Gasteiger partial charge in [-0.1, -0.05) is 23.2 Å². The lowest BCUT2D eigenvalue weighted by Crippen LogP contribution is -1.94. The summed E-state index contributed by atoms with van der Waals surface area (Å²) in [6, 6.07) is 9.46. The Labute approximate surface area is 123 Å². The molecule has 1 heterocycles. The summed E-state index contributed by atoms with van der Waals surface area (Å²) in [5.74, 6) is -0.620. The molecular weight excluding hydrogens is 301 g/mol. The van der Waals surface area contributed by atoms with Crippen LogP contribution in [0.5, 0.6) is 0 Å². The van der Waals surface area contributed by atoms with Gasteiger partial charge in [0.05, 0.1) is 10.6 Å². The van der Waals surface area contributed by atoms with Gasteiger partial charge in [-0.15, -0.1) is 0 Å². The first-order valence-electron chi connectivity index (χ1n) is 5.64. The third-order valence-electron chi connectivity index (χ3n) is 2.79. The van der Waals surface area contributed by atoms with Crippen LogP contribution in [0.4, 0.5) is 0 Å². The number of halogens is 2. The standard InChI is InChI=1S/C14H7Cl2NO3/c15-9-5-10(16)12-11(6-9)17-13(20-12)7-1-3-8(4-2-7)14(18)19/h1-6H,(H,18,19). The summed E-state index contributed by atoms with van der Waals surface area (Å²) in [5.41, 5.74) is 1.87. The van der Waals surface area contributed by atoms with Crippen molar-refractivity contribution in [2.24, 2.45) is 0 Å². The van der Waals surface area contributed by atoms with E-state index in [2.05, 4.69) is 4.98 Å². The topological polar surface area (TPSA) is 63.3 Å². The lowest BCUT2D eigenvalue weighted by molar-refractivity contribution is 0.0697. The SMILES string of the molecule is O=C(O)c1ccc(-c2nc3cc(Cl)cc(Cl)c3o2)cc1. The molecule has 0 fully saturated rings. The fourth-order valence-electron chi connectivity index (χ4n) is 1.84. The third-order valence-corrected chi connectivity index (χ3v) is 3.29. The van der Waals surface area contributed by atoms with E-state index >= 15 is 0 Å². The van der Waals surface area contributed by atoms with E-state index in [-0.39, 0.29) is 5.56 Å². The predicted octanol–water partition coefficient (Wildman–Crippen LogP) is 4.50. The molecule has 0 atom stereocenters. The highest BCUT2D eigenvalue weighted by Gasteiger charge is 2.12. The van der Waals surface area contributed by atoms with Gasteiger partial charge >= 0.3 is 5.97 Å². The highest BCUT2D eigenvalue weighted by Crippen LogP contribution is 2.31. The van der Waals surface area contributed by atoms with E-state index in [1.54, 1.807) is 24.3 Å². The molecule has 3 rings (SSSR count). The molecule has 100 valence electrons. The van der Waals surface area contributed by atoms with Crippen molar-refractivity contribution in [3.63, 3.8) is 0 Å². The van der Waals surface area contributed by atoms with Crippen molar-refractivity contribution >= 4 is 40.3 Å². The first kappa shape index (κ1) is 13.0. The van der Waals surface area contributed by atoms with Gasteiger partial charge in [-0.3, -0.25) is 0 Å². The van der Waals surface area contributed by atoms with Gasteiger partial charge in [0, 0.05) is 10.6 Å². The summed E-state index contributed by atoms with van der Waals surface area (Å²) in [5, 5.41) is 9.71. The minimum atomic E-state index is -0.982. The van der Waals surface area contributed by atoms with Crippen LogP contribution in [0.2, 0.25) is 10.0 Å². The third kappa shape index (κ3) is 2.24. The van der Waals surface area contributed by atoms with E-state index < -0.39 is 5.97 Å². The van der Waals surface area contributed by atoms with Crippen LogP contribution in [-0.4, -0.2) is 16.1 Å². The van der Waals surface area contributed by atoms with Crippen LogP contribution in [0.1, 0.15) is 10.4 Å². The van der Waals surface area contributed by atoms with Crippen LogP contribution in [0.25, 0.3) is 22.6 Å². The number of aromatic nitrogens is 1. The van der Waals surface area contributed by atoms with Gasteiger partial charge in [0.15, 0.2) is 5.58 Å². The van der Waals surface area contributed by atoms with E-state index in [0.29, 0.717) is 32.6 Å². The molecule has 0 aliphatic carbocycles. The first-order chi connectivity index (χ1) is 9.54. The minimum absolute atomic E-state index is 0.200. The summed E-state index contributed by atoms with van der Waals surface area (Å²) >= 11 is 11.9. The Hall–Kier alpha value is -2.04. The lowest BCUT2D eigenvalue weighted by Gasteiger charge is -1.96. The highest BCUT2D eigenvalue weighted by atomic mass is 35.5. The van der Waals surface area contributed by atoms with Crippen molar-refractivity contribution in [3.05, 3.63) is 52.0 Å². The maximum atomic E-state index is 10.8. The fraction of sp³-hybridized carbons (Fsp3) is 0. The van der Waals surface area contributed by atoms with E-state index in [4.69, 9.17) is 32.7 Å². The summed E-state index contributed by atoms with van der Waals surface area (Å²) in [6.45, 7) is 0. The molecule has 0 aliphatic heterocycles. The normalized spacial score (nSPS) is 10.9. The number of carboxylic acids is 1. The Kier molecular flexibility index (Phi) is 3.12. The molecule has 0 bridgehead atoms. The molecule has 0 amide bonds. The Morgan fingerprint density at radius 1 is 1.15 bits per heavy atom. The zero-order valence-corrected chi connectivity index (χ0v) is 11.4. The summed E-state index contributed by atoms with van der Waals surface area (Å²) in [6.07, 6.45) is 0. The van der Waals surface area contributed by atoms with E-state index in [1.165, 1.54) is 12.1 Å². The monoisotopic (exact) mass is 307 g/mol. The van der Waals surface area contributed by atoms with Crippen molar-refractivity contribution in [1.29, 1.82) is 0 Å². The molecule has 1 N–H and O–H groups in total. The number of carboxylic acid groups (broad SMARTS) is 1. The molecule has 20 heavy (non-hydrogen) atoms. The maximum absolute atomic E-state index is 10.8. The number of carbonyl (C=O) groups is 1. The molecule has 4 nitrogen and oxygen atoms in total. The van der Waals surface area contributed by atoms with Gasteiger partial charge in [0.2, 0.25) is 5.89 Å². The zero-order chi connectivity index (χ0) is 14.3. The number of hydrogen-bond donors (Lipinski definition) is 1. The van der Waals surface area contributed by atoms with Crippen molar-refractivity contribution in [1.82, 2.24) is 4.98 Å². The molecule has 0 spiro atoms. The lowest BCUT2D eigenvalue weighted by atomic mass is 10.1. The number of hydrogen-bond acceptors (Lipinski definition) is 3. The number of benzene rings is 2. The van der Waals surface area contributed by atoms with Crippen LogP contribution in [0.3, 0.4) is 0 Å². The molecule has 2 aromatic carbocycles. The van der Waals surface area contributed by atoms with Crippen molar-refractivity contribution in [2.75, 3.05) is 0 Å². The van der Waals surface area contributed by atoms with Crippen LogP contribution >= 0.6 is 23.2 Å². The van der Waals surface area contributed by atoms with Gasteiger partial charge in [0.25, 0.3) is 0 Å². The number of nitrogens with zero attached hydrogens (tertiary/aromatic N) is 1. The molecule has 3 aromatic rings. The molecule has 0 saturated carbocycles. The van der Waals surface area contributed by atoms with E-state index in [0.717, 1.165) is 0 Å². The average Bonchev–Trinajstić information content (AvgIpc) is 2.83. The summed E-state index contributed by atoms with van der Waals surface area (Å²) in [7, 11) is 0. The quantitative estimate of drug-likeness (QED) is 0.757. The second kappa shape index (κ2) is 4.81. The molecule has 0 aliphatic rings. The number of aromatic carboxylic acids is 1.